The van der Waals surface area contributed by atoms with E-state index >= 15 is 0 Å². The van der Waals surface area contributed by atoms with Gasteiger partial charge in [-0.05, 0) is 23.3 Å². The van der Waals surface area contributed by atoms with Crippen LogP contribution in [-0.2, 0) is 22.3 Å². The Bertz CT molecular complexity index is 1060. The van der Waals surface area contributed by atoms with Crippen molar-refractivity contribution in [3.63, 3.8) is 0 Å². The van der Waals surface area contributed by atoms with Crippen LogP contribution in [0.2, 0.25) is 0 Å². The molecular formula is C21H23N3O3S. The van der Waals surface area contributed by atoms with E-state index in [2.05, 4.69) is 9.88 Å². The predicted octanol–water partition coefficient (Wildman–Crippen LogP) is 2.59. The van der Waals surface area contributed by atoms with E-state index in [0.29, 0.717) is 38.2 Å². The molecule has 0 spiro atoms. The number of aromatic hydroxyl groups is 1. The number of rotatable bonds is 5. The lowest BCUT2D eigenvalue weighted by Crippen LogP contribution is -2.48. The standard InChI is InChI=1S/C21H23N3O3S/c25-20-9-8-18(19-7-4-10-22-21(19)20)15-23-11-13-24(14-12-23)28(26,27)16-17-5-2-1-3-6-17/h1-10,25H,11-16H2. The maximum absolute atomic E-state index is 12.7. The summed E-state index contributed by atoms with van der Waals surface area (Å²) in [5.74, 6) is 0.221. The van der Waals surface area contributed by atoms with E-state index in [-0.39, 0.29) is 11.5 Å². The third kappa shape index (κ3) is 4.01. The highest BCUT2D eigenvalue weighted by Crippen LogP contribution is 2.26. The smallest absolute Gasteiger partial charge is 0.218 e. The first-order valence-corrected chi connectivity index (χ1v) is 10.9. The molecule has 0 saturated carbocycles. The molecule has 28 heavy (non-hydrogen) atoms. The van der Waals surface area contributed by atoms with Crippen LogP contribution < -0.4 is 0 Å². The Morgan fingerprint density at radius 1 is 0.929 bits per heavy atom. The molecule has 2 heterocycles. The van der Waals surface area contributed by atoms with Crippen molar-refractivity contribution in [3.05, 3.63) is 71.9 Å². The molecule has 1 saturated heterocycles. The highest BCUT2D eigenvalue weighted by molar-refractivity contribution is 7.88. The van der Waals surface area contributed by atoms with Crippen molar-refractivity contribution in [2.45, 2.75) is 12.3 Å². The Labute approximate surface area is 165 Å². The topological polar surface area (TPSA) is 73.7 Å². The summed E-state index contributed by atoms with van der Waals surface area (Å²) in [5.41, 5.74) is 2.50. The average Bonchev–Trinajstić information content (AvgIpc) is 2.71. The number of phenolic OH excluding ortho intramolecular Hbond substituents is 1. The maximum Gasteiger partial charge on any atom is 0.218 e. The number of piperazine rings is 1. The van der Waals surface area contributed by atoms with Crippen LogP contribution in [0.25, 0.3) is 10.9 Å². The Balaban J connectivity index is 1.42. The van der Waals surface area contributed by atoms with Crippen molar-refractivity contribution < 1.29 is 13.5 Å². The van der Waals surface area contributed by atoms with E-state index in [9.17, 15) is 13.5 Å². The van der Waals surface area contributed by atoms with Gasteiger partial charge in [0.1, 0.15) is 11.3 Å². The Morgan fingerprint density at radius 2 is 1.68 bits per heavy atom. The molecule has 146 valence electrons. The van der Waals surface area contributed by atoms with Crippen LogP contribution >= 0.6 is 0 Å². The number of sulfonamides is 1. The van der Waals surface area contributed by atoms with E-state index < -0.39 is 10.0 Å². The van der Waals surface area contributed by atoms with Crippen molar-refractivity contribution in [2.24, 2.45) is 0 Å². The second kappa shape index (κ2) is 7.87. The Kier molecular flexibility index (Phi) is 5.30. The second-order valence-electron chi connectivity index (χ2n) is 7.06. The van der Waals surface area contributed by atoms with Crippen molar-refractivity contribution in [1.29, 1.82) is 0 Å². The molecule has 1 aromatic heterocycles. The van der Waals surface area contributed by atoms with Gasteiger partial charge in [-0.2, -0.15) is 4.31 Å². The number of benzene rings is 2. The quantitative estimate of drug-likeness (QED) is 0.716. The molecule has 2 aromatic carbocycles. The number of nitrogens with zero attached hydrogens (tertiary/aromatic N) is 3. The Hall–Kier alpha value is -2.48. The van der Waals surface area contributed by atoms with Crippen LogP contribution in [0.3, 0.4) is 0 Å². The van der Waals surface area contributed by atoms with Crippen molar-refractivity contribution in [3.8, 4) is 5.75 Å². The SMILES string of the molecule is O=S(=O)(Cc1ccccc1)N1CCN(Cc2ccc(O)c3ncccc23)CC1. The number of hydrogen-bond acceptors (Lipinski definition) is 5. The Morgan fingerprint density at radius 3 is 2.43 bits per heavy atom. The molecule has 3 aromatic rings. The molecular weight excluding hydrogens is 374 g/mol. The fourth-order valence-corrected chi connectivity index (χ4v) is 5.15. The molecule has 0 aliphatic carbocycles. The first-order valence-electron chi connectivity index (χ1n) is 9.32. The lowest BCUT2D eigenvalue weighted by molar-refractivity contribution is 0.182. The zero-order chi connectivity index (χ0) is 19.6. The summed E-state index contributed by atoms with van der Waals surface area (Å²) in [7, 11) is -3.31. The van der Waals surface area contributed by atoms with Gasteiger partial charge in [0, 0.05) is 44.3 Å². The summed E-state index contributed by atoms with van der Waals surface area (Å²) < 4.78 is 27.0. The van der Waals surface area contributed by atoms with Gasteiger partial charge in [-0.25, -0.2) is 8.42 Å². The predicted molar refractivity (Wildman–Crippen MR) is 109 cm³/mol. The largest absolute Gasteiger partial charge is 0.506 e. The first kappa shape index (κ1) is 18.9. The molecule has 0 atom stereocenters. The molecule has 1 aliphatic heterocycles. The molecule has 0 amide bonds. The monoisotopic (exact) mass is 397 g/mol. The van der Waals surface area contributed by atoms with Crippen LogP contribution in [0, 0.1) is 0 Å². The molecule has 4 rings (SSSR count). The fourth-order valence-electron chi connectivity index (χ4n) is 3.64. The number of aromatic nitrogens is 1. The molecule has 6 nitrogen and oxygen atoms in total. The van der Waals surface area contributed by atoms with Gasteiger partial charge in [0.25, 0.3) is 0 Å². The van der Waals surface area contributed by atoms with Crippen molar-refractivity contribution in [1.82, 2.24) is 14.2 Å². The van der Waals surface area contributed by atoms with Crippen molar-refractivity contribution in [2.75, 3.05) is 26.2 Å². The zero-order valence-corrected chi connectivity index (χ0v) is 16.3. The summed E-state index contributed by atoms with van der Waals surface area (Å²) in [4.78, 5) is 6.51. The van der Waals surface area contributed by atoms with E-state index in [0.717, 1.165) is 16.5 Å². The lowest BCUT2D eigenvalue weighted by Gasteiger charge is -2.34. The number of hydrogen-bond donors (Lipinski definition) is 1. The van der Waals surface area contributed by atoms with E-state index in [1.807, 2.05) is 48.5 Å². The highest BCUT2D eigenvalue weighted by Gasteiger charge is 2.27. The number of phenols is 1. The lowest BCUT2D eigenvalue weighted by atomic mass is 10.1. The molecule has 7 heteroatoms. The average molecular weight is 398 g/mol. The van der Waals surface area contributed by atoms with Crippen LogP contribution in [0.5, 0.6) is 5.75 Å². The molecule has 0 radical (unpaired) electrons. The van der Waals surface area contributed by atoms with Gasteiger partial charge < -0.3 is 5.11 Å². The van der Waals surface area contributed by atoms with Crippen LogP contribution in [-0.4, -0.2) is 53.9 Å². The summed E-state index contributed by atoms with van der Waals surface area (Å²) in [6, 6.07) is 16.7. The molecule has 0 bridgehead atoms. The molecule has 1 aliphatic rings. The maximum atomic E-state index is 12.7. The summed E-state index contributed by atoms with van der Waals surface area (Å²) >= 11 is 0. The first-order chi connectivity index (χ1) is 13.5. The van der Waals surface area contributed by atoms with Crippen LogP contribution in [0.4, 0.5) is 0 Å². The van der Waals surface area contributed by atoms with Gasteiger partial charge in [0.2, 0.25) is 10.0 Å². The van der Waals surface area contributed by atoms with Gasteiger partial charge >= 0.3 is 0 Å². The number of fused-ring (bicyclic) bond motifs is 1. The second-order valence-corrected chi connectivity index (χ2v) is 9.03. The highest BCUT2D eigenvalue weighted by atomic mass is 32.2. The van der Waals surface area contributed by atoms with Crippen LogP contribution in [0.15, 0.2) is 60.8 Å². The van der Waals surface area contributed by atoms with Crippen LogP contribution in [0.1, 0.15) is 11.1 Å². The summed E-state index contributed by atoms with van der Waals surface area (Å²) in [5, 5.41) is 10.9. The van der Waals surface area contributed by atoms with Gasteiger partial charge in [-0.15, -0.1) is 0 Å². The van der Waals surface area contributed by atoms with Gasteiger partial charge in [0.15, 0.2) is 0 Å². The van der Waals surface area contributed by atoms with E-state index in [1.165, 1.54) is 0 Å². The van der Waals surface area contributed by atoms with Gasteiger partial charge in [-0.3, -0.25) is 9.88 Å². The summed E-state index contributed by atoms with van der Waals surface area (Å²) in [6.07, 6.45) is 1.67. The summed E-state index contributed by atoms with van der Waals surface area (Å²) in [6.45, 7) is 3.04. The van der Waals surface area contributed by atoms with Crippen molar-refractivity contribution >= 4 is 20.9 Å². The minimum Gasteiger partial charge on any atom is -0.506 e. The van der Waals surface area contributed by atoms with Gasteiger partial charge in [-0.1, -0.05) is 42.5 Å². The minimum atomic E-state index is -3.31. The van der Waals surface area contributed by atoms with Gasteiger partial charge in [0.05, 0.1) is 5.75 Å². The van der Waals surface area contributed by atoms with E-state index in [4.69, 9.17) is 0 Å². The molecule has 1 fully saturated rings. The molecule has 0 unspecified atom stereocenters. The zero-order valence-electron chi connectivity index (χ0n) is 15.5. The number of pyridine rings is 1. The minimum absolute atomic E-state index is 0.0438. The molecule has 1 N–H and O–H groups in total. The third-order valence-corrected chi connectivity index (χ3v) is 7.00. The fraction of sp³-hybridized carbons (Fsp3) is 0.286. The normalized spacial score (nSPS) is 16.4. The van der Waals surface area contributed by atoms with E-state index in [1.54, 1.807) is 16.6 Å². The third-order valence-electron chi connectivity index (χ3n) is 5.15.